The number of aliphatic hydroxyl groups excluding tert-OH is 1. The number of sulfonamides is 1. The number of carbonyl (C=O) groups is 1. The highest BCUT2D eigenvalue weighted by atomic mass is 32.2. The molecule has 1 atom stereocenters. The van der Waals surface area contributed by atoms with Crippen molar-refractivity contribution in [2.45, 2.75) is 24.3 Å². The smallest absolute Gasteiger partial charge is 0.243 e. The van der Waals surface area contributed by atoms with E-state index in [0.29, 0.717) is 36.3 Å². The molecule has 2 aliphatic heterocycles. The summed E-state index contributed by atoms with van der Waals surface area (Å²) in [6, 6.07) is 5.06. The van der Waals surface area contributed by atoms with E-state index < -0.39 is 10.0 Å². The second-order valence-corrected chi connectivity index (χ2v) is 10.5. The Hall–Kier alpha value is -2.11. The SMILES string of the molecule is Cc1cncc2cccc(S(=O)(=O)N3CC[C@@H](NC(=O)CN4CCN(CCO)CC4)C3)c12. The minimum absolute atomic E-state index is 0.0723. The van der Waals surface area contributed by atoms with Crippen molar-refractivity contribution in [2.75, 3.05) is 59.0 Å². The molecule has 1 aromatic heterocycles. The predicted octanol–water partition coefficient (Wildman–Crippen LogP) is 0.0323. The van der Waals surface area contributed by atoms with Crippen LogP contribution in [0.3, 0.4) is 0 Å². The van der Waals surface area contributed by atoms with Gasteiger partial charge >= 0.3 is 0 Å². The van der Waals surface area contributed by atoms with Crippen LogP contribution in [0.2, 0.25) is 0 Å². The first-order valence-electron chi connectivity index (χ1n) is 11.1. The first-order valence-corrected chi connectivity index (χ1v) is 12.5. The molecule has 0 unspecified atom stereocenters. The van der Waals surface area contributed by atoms with Crippen molar-refractivity contribution < 1.29 is 18.3 Å². The standard InChI is InChI=1S/C22H31N5O4S/c1-17-13-23-14-18-3-2-4-20(22(17)18)32(30,31)27-6-5-19(15-27)24-21(29)16-26-9-7-25(8-10-26)11-12-28/h2-4,13-14,19,28H,5-12,15-16H2,1H3,(H,24,29)/t19-/m1/s1. The Balaban J connectivity index is 1.36. The van der Waals surface area contributed by atoms with Crippen LogP contribution >= 0.6 is 0 Å². The molecule has 3 heterocycles. The van der Waals surface area contributed by atoms with Gasteiger partial charge in [-0.2, -0.15) is 4.31 Å². The lowest BCUT2D eigenvalue weighted by Gasteiger charge is -2.34. The van der Waals surface area contributed by atoms with Gasteiger partial charge in [0, 0.05) is 75.0 Å². The van der Waals surface area contributed by atoms with Crippen molar-refractivity contribution in [3.8, 4) is 0 Å². The van der Waals surface area contributed by atoms with Gasteiger partial charge in [-0.25, -0.2) is 8.42 Å². The molecule has 2 aliphatic rings. The molecule has 10 heteroatoms. The van der Waals surface area contributed by atoms with Crippen LogP contribution in [0.4, 0.5) is 0 Å². The van der Waals surface area contributed by atoms with Crippen LogP contribution in [0.25, 0.3) is 10.8 Å². The number of aliphatic hydroxyl groups is 1. The summed E-state index contributed by atoms with van der Waals surface area (Å²) in [6.07, 6.45) is 3.95. The lowest BCUT2D eigenvalue weighted by atomic mass is 10.1. The predicted molar refractivity (Wildman–Crippen MR) is 122 cm³/mol. The number of nitrogens with one attached hydrogen (secondary N) is 1. The molecule has 9 nitrogen and oxygen atoms in total. The number of rotatable bonds is 7. The minimum atomic E-state index is -3.68. The summed E-state index contributed by atoms with van der Waals surface area (Å²) in [4.78, 5) is 21.3. The minimum Gasteiger partial charge on any atom is -0.395 e. The third-order valence-electron chi connectivity index (χ3n) is 6.32. The van der Waals surface area contributed by atoms with Crippen LogP contribution in [0, 0.1) is 6.92 Å². The zero-order chi connectivity index (χ0) is 22.7. The fourth-order valence-corrected chi connectivity index (χ4v) is 6.37. The van der Waals surface area contributed by atoms with E-state index in [2.05, 4.69) is 20.1 Å². The van der Waals surface area contributed by atoms with Gasteiger partial charge in [0.1, 0.15) is 0 Å². The van der Waals surface area contributed by atoms with E-state index in [1.807, 2.05) is 13.0 Å². The third-order valence-corrected chi connectivity index (χ3v) is 8.22. The van der Waals surface area contributed by atoms with Crippen molar-refractivity contribution in [3.05, 3.63) is 36.2 Å². The number of fused-ring (bicyclic) bond motifs is 1. The molecule has 4 rings (SSSR count). The summed E-state index contributed by atoms with van der Waals surface area (Å²) in [5, 5.41) is 13.6. The molecule has 1 amide bonds. The fourth-order valence-electron chi connectivity index (χ4n) is 4.58. The van der Waals surface area contributed by atoms with Crippen LogP contribution in [0.15, 0.2) is 35.5 Å². The van der Waals surface area contributed by atoms with Gasteiger partial charge < -0.3 is 10.4 Å². The molecule has 32 heavy (non-hydrogen) atoms. The van der Waals surface area contributed by atoms with E-state index in [1.165, 1.54) is 4.31 Å². The lowest BCUT2D eigenvalue weighted by molar-refractivity contribution is -0.123. The molecule has 1 aromatic carbocycles. The molecule has 0 saturated carbocycles. The number of hydrogen-bond donors (Lipinski definition) is 2. The van der Waals surface area contributed by atoms with Crippen molar-refractivity contribution >= 4 is 26.7 Å². The van der Waals surface area contributed by atoms with E-state index in [-0.39, 0.29) is 25.1 Å². The van der Waals surface area contributed by atoms with Gasteiger partial charge in [-0.05, 0) is 25.0 Å². The number of pyridine rings is 1. The molecule has 0 spiro atoms. The lowest BCUT2D eigenvalue weighted by Crippen LogP contribution is -2.51. The normalized spacial score (nSPS) is 21.2. The second kappa shape index (κ2) is 9.80. The van der Waals surface area contributed by atoms with E-state index >= 15 is 0 Å². The first kappa shape index (κ1) is 23.1. The summed E-state index contributed by atoms with van der Waals surface area (Å²) in [5.74, 6) is -0.0723. The number of piperazine rings is 1. The van der Waals surface area contributed by atoms with Crippen LogP contribution in [0.5, 0.6) is 0 Å². The summed E-state index contributed by atoms with van der Waals surface area (Å²) in [7, 11) is -3.68. The second-order valence-electron chi connectivity index (χ2n) is 8.57. The number of hydrogen-bond acceptors (Lipinski definition) is 7. The van der Waals surface area contributed by atoms with Crippen LogP contribution in [-0.2, 0) is 14.8 Å². The van der Waals surface area contributed by atoms with Gasteiger partial charge in [0.2, 0.25) is 15.9 Å². The monoisotopic (exact) mass is 461 g/mol. The molecular weight excluding hydrogens is 430 g/mol. The zero-order valence-electron chi connectivity index (χ0n) is 18.4. The molecule has 0 radical (unpaired) electrons. The summed E-state index contributed by atoms with van der Waals surface area (Å²) >= 11 is 0. The van der Waals surface area contributed by atoms with E-state index in [1.54, 1.807) is 24.5 Å². The number of β-amino-alcohol motifs (C(OH)–C–C–N with tert-alkyl or cyclic N) is 1. The molecular formula is C22H31N5O4S. The van der Waals surface area contributed by atoms with Crippen molar-refractivity contribution in [1.29, 1.82) is 0 Å². The topological polar surface area (TPSA) is 106 Å². The van der Waals surface area contributed by atoms with E-state index in [0.717, 1.165) is 37.1 Å². The average Bonchev–Trinajstić information content (AvgIpc) is 3.24. The highest BCUT2D eigenvalue weighted by Gasteiger charge is 2.34. The number of benzene rings is 1. The van der Waals surface area contributed by atoms with Gasteiger partial charge in [-0.15, -0.1) is 0 Å². The average molecular weight is 462 g/mol. The van der Waals surface area contributed by atoms with Crippen LogP contribution in [-0.4, -0.2) is 104 Å². The largest absolute Gasteiger partial charge is 0.395 e. The highest BCUT2D eigenvalue weighted by Crippen LogP contribution is 2.29. The highest BCUT2D eigenvalue weighted by molar-refractivity contribution is 7.89. The van der Waals surface area contributed by atoms with Gasteiger partial charge in [-0.1, -0.05) is 12.1 Å². The Labute approximate surface area is 189 Å². The van der Waals surface area contributed by atoms with E-state index in [9.17, 15) is 13.2 Å². The number of amides is 1. The Kier molecular flexibility index (Phi) is 7.06. The number of aryl methyl sites for hydroxylation is 1. The van der Waals surface area contributed by atoms with Crippen molar-refractivity contribution in [2.24, 2.45) is 0 Å². The van der Waals surface area contributed by atoms with E-state index in [4.69, 9.17) is 5.11 Å². The Morgan fingerprint density at radius 2 is 1.91 bits per heavy atom. The maximum Gasteiger partial charge on any atom is 0.243 e. The Bertz CT molecular complexity index is 1060. The molecule has 0 bridgehead atoms. The summed E-state index contributed by atoms with van der Waals surface area (Å²) in [5.41, 5.74) is 0.824. The summed E-state index contributed by atoms with van der Waals surface area (Å²) in [6.45, 7) is 6.90. The maximum atomic E-state index is 13.4. The first-order chi connectivity index (χ1) is 15.4. The molecule has 2 N–H and O–H groups in total. The maximum absolute atomic E-state index is 13.4. The van der Waals surface area contributed by atoms with Gasteiger partial charge in [0.15, 0.2) is 0 Å². The number of carbonyl (C=O) groups excluding carboxylic acids is 1. The molecule has 2 aromatic rings. The quantitative estimate of drug-likeness (QED) is 0.599. The van der Waals surface area contributed by atoms with Crippen LogP contribution in [0.1, 0.15) is 12.0 Å². The number of nitrogens with zero attached hydrogens (tertiary/aromatic N) is 4. The van der Waals surface area contributed by atoms with Crippen LogP contribution < -0.4 is 5.32 Å². The summed E-state index contributed by atoms with van der Waals surface area (Å²) < 4.78 is 28.3. The molecule has 0 aliphatic carbocycles. The molecule has 2 saturated heterocycles. The third kappa shape index (κ3) is 4.94. The Morgan fingerprint density at radius 3 is 2.66 bits per heavy atom. The van der Waals surface area contributed by atoms with Gasteiger partial charge in [0.25, 0.3) is 0 Å². The van der Waals surface area contributed by atoms with Crippen molar-refractivity contribution in [3.63, 3.8) is 0 Å². The van der Waals surface area contributed by atoms with Crippen molar-refractivity contribution in [1.82, 2.24) is 24.4 Å². The Morgan fingerprint density at radius 1 is 1.16 bits per heavy atom. The number of aromatic nitrogens is 1. The fraction of sp³-hybridized carbons (Fsp3) is 0.545. The zero-order valence-corrected chi connectivity index (χ0v) is 19.2. The van der Waals surface area contributed by atoms with Gasteiger partial charge in [0.05, 0.1) is 18.0 Å². The molecule has 2 fully saturated rings. The van der Waals surface area contributed by atoms with Gasteiger partial charge in [-0.3, -0.25) is 19.6 Å². The molecule has 174 valence electrons.